The molecule has 1 saturated heterocycles. The van der Waals surface area contributed by atoms with Crippen LogP contribution in [-0.2, 0) is 0 Å². The van der Waals surface area contributed by atoms with Crippen LogP contribution in [0.5, 0.6) is 0 Å². The van der Waals surface area contributed by atoms with Crippen molar-refractivity contribution in [2.45, 2.75) is 20.8 Å². The van der Waals surface area contributed by atoms with Crippen molar-refractivity contribution in [3.63, 3.8) is 0 Å². The molecule has 0 amide bonds. The van der Waals surface area contributed by atoms with Gasteiger partial charge in [-0.3, -0.25) is 0 Å². The standard InChI is InChI=1S/C13H21N3/c1-9-8-10(2)13(11(3)12(9)14)16-6-4-15-5-7-16/h8,15H,4-7,14H2,1-3H3. The monoisotopic (exact) mass is 219 g/mol. The second-order valence-electron chi connectivity index (χ2n) is 4.63. The molecule has 1 aromatic carbocycles. The first kappa shape index (κ1) is 11.3. The van der Waals surface area contributed by atoms with Crippen LogP contribution >= 0.6 is 0 Å². The van der Waals surface area contributed by atoms with Gasteiger partial charge >= 0.3 is 0 Å². The van der Waals surface area contributed by atoms with Gasteiger partial charge in [0.2, 0.25) is 0 Å². The maximum atomic E-state index is 6.12. The molecule has 3 heteroatoms. The van der Waals surface area contributed by atoms with Crippen molar-refractivity contribution in [1.82, 2.24) is 5.32 Å². The zero-order valence-corrected chi connectivity index (χ0v) is 10.4. The van der Waals surface area contributed by atoms with Crippen LogP contribution in [0.2, 0.25) is 0 Å². The van der Waals surface area contributed by atoms with Crippen molar-refractivity contribution in [3.05, 3.63) is 22.8 Å². The first-order chi connectivity index (χ1) is 7.61. The van der Waals surface area contributed by atoms with Gasteiger partial charge in [-0.25, -0.2) is 0 Å². The molecule has 3 nitrogen and oxygen atoms in total. The number of nitrogen functional groups attached to an aromatic ring is 1. The van der Waals surface area contributed by atoms with Gasteiger partial charge in [-0.05, 0) is 37.5 Å². The molecule has 1 aliphatic heterocycles. The van der Waals surface area contributed by atoms with Gasteiger partial charge in [0.1, 0.15) is 0 Å². The minimum atomic E-state index is 0.944. The highest BCUT2D eigenvalue weighted by Crippen LogP contribution is 2.31. The molecule has 16 heavy (non-hydrogen) atoms. The van der Waals surface area contributed by atoms with Gasteiger partial charge < -0.3 is 16.0 Å². The molecule has 1 fully saturated rings. The van der Waals surface area contributed by atoms with E-state index < -0.39 is 0 Å². The number of hydrogen-bond donors (Lipinski definition) is 2. The summed E-state index contributed by atoms with van der Waals surface area (Å²) >= 11 is 0. The predicted molar refractivity (Wildman–Crippen MR) is 70.1 cm³/mol. The molecule has 0 radical (unpaired) electrons. The van der Waals surface area contributed by atoms with Gasteiger partial charge in [0, 0.05) is 37.6 Å². The maximum absolute atomic E-state index is 6.12. The summed E-state index contributed by atoms with van der Waals surface area (Å²) in [6.45, 7) is 10.7. The Balaban J connectivity index is 2.42. The van der Waals surface area contributed by atoms with Crippen LogP contribution in [0.3, 0.4) is 0 Å². The maximum Gasteiger partial charge on any atom is 0.0447 e. The summed E-state index contributed by atoms with van der Waals surface area (Å²) in [5.41, 5.74) is 12.2. The van der Waals surface area contributed by atoms with Crippen LogP contribution in [0.25, 0.3) is 0 Å². The summed E-state index contributed by atoms with van der Waals surface area (Å²) < 4.78 is 0. The molecular weight excluding hydrogens is 198 g/mol. The van der Waals surface area contributed by atoms with Crippen LogP contribution in [0.1, 0.15) is 16.7 Å². The smallest absolute Gasteiger partial charge is 0.0447 e. The van der Waals surface area contributed by atoms with Crippen molar-refractivity contribution >= 4 is 11.4 Å². The van der Waals surface area contributed by atoms with Gasteiger partial charge in [-0.1, -0.05) is 6.07 Å². The fourth-order valence-corrected chi connectivity index (χ4v) is 2.56. The van der Waals surface area contributed by atoms with E-state index in [1.54, 1.807) is 0 Å². The number of anilines is 2. The number of benzene rings is 1. The predicted octanol–water partition coefficient (Wildman–Crippen LogP) is 1.60. The normalized spacial score (nSPS) is 16.6. The summed E-state index contributed by atoms with van der Waals surface area (Å²) in [7, 11) is 0. The van der Waals surface area contributed by atoms with E-state index in [1.807, 2.05) is 0 Å². The van der Waals surface area contributed by atoms with Gasteiger partial charge in [-0.2, -0.15) is 0 Å². The Hall–Kier alpha value is -1.22. The summed E-state index contributed by atoms with van der Waals surface area (Å²) in [6.07, 6.45) is 0. The van der Waals surface area contributed by atoms with Crippen LogP contribution in [0.15, 0.2) is 6.07 Å². The highest BCUT2D eigenvalue weighted by molar-refractivity contribution is 5.71. The summed E-state index contributed by atoms with van der Waals surface area (Å²) in [5.74, 6) is 0. The highest BCUT2D eigenvalue weighted by atomic mass is 15.2. The highest BCUT2D eigenvalue weighted by Gasteiger charge is 2.17. The van der Waals surface area contributed by atoms with Crippen molar-refractivity contribution in [2.75, 3.05) is 36.8 Å². The Bertz CT molecular complexity index is 393. The molecule has 1 aromatic rings. The Morgan fingerprint density at radius 1 is 1.12 bits per heavy atom. The number of hydrogen-bond acceptors (Lipinski definition) is 3. The molecule has 88 valence electrons. The van der Waals surface area contributed by atoms with Crippen LogP contribution in [0.4, 0.5) is 11.4 Å². The topological polar surface area (TPSA) is 41.3 Å². The van der Waals surface area contributed by atoms with E-state index in [-0.39, 0.29) is 0 Å². The van der Waals surface area contributed by atoms with Crippen LogP contribution in [0, 0.1) is 20.8 Å². The van der Waals surface area contributed by atoms with E-state index in [4.69, 9.17) is 5.73 Å². The Morgan fingerprint density at radius 2 is 1.75 bits per heavy atom. The van der Waals surface area contributed by atoms with Gasteiger partial charge in [-0.15, -0.1) is 0 Å². The molecule has 1 aliphatic rings. The zero-order chi connectivity index (χ0) is 11.7. The van der Waals surface area contributed by atoms with E-state index in [9.17, 15) is 0 Å². The quantitative estimate of drug-likeness (QED) is 0.705. The minimum absolute atomic E-state index is 0.944. The second-order valence-corrected chi connectivity index (χ2v) is 4.63. The van der Waals surface area contributed by atoms with Gasteiger partial charge in [0.15, 0.2) is 0 Å². The average Bonchev–Trinajstić information content (AvgIpc) is 2.28. The lowest BCUT2D eigenvalue weighted by atomic mass is 10.0. The number of nitrogens with zero attached hydrogens (tertiary/aromatic N) is 1. The third-order valence-electron chi connectivity index (χ3n) is 3.42. The van der Waals surface area contributed by atoms with Crippen molar-refractivity contribution in [2.24, 2.45) is 0 Å². The lowest BCUT2D eigenvalue weighted by Crippen LogP contribution is -2.44. The summed E-state index contributed by atoms with van der Waals surface area (Å²) in [4.78, 5) is 2.44. The number of aryl methyl sites for hydroxylation is 2. The van der Waals surface area contributed by atoms with Crippen LogP contribution in [-0.4, -0.2) is 26.2 Å². The largest absolute Gasteiger partial charge is 0.398 e. The summed E-state index contributed by atoms with van der Waals surface area (Å²) in [5, 5.41) is 3.38. The number of nitrogens with two attached hydrogens (primary N) is 1. The van der Waals surface area contributed by atoms with E-state index in [0.29, 0.717) is 0 Å². The first-order valence-corrected chi connectivity index (χ1v) is 5.93. The zero-order valence-electron chi connectivity index (χ0n) is 10.4. The molecule has 0 unspecified atom stereocenters. The third kappa shape index (κ3) is 1.87. The lowest BCUT2D eigenvalue weighted by molar-refractivity contribution is 0.587. The van der Waals surface area contributed by atoms with E-state index in [0.717, 1.165) is 31.9 Å². The van der Waals surface area contributed by atoms with E-state index in [2.05, 4.69) is 37.1 Å². The third-order valence-corrected chi connectivity index (χ3v) is 3.42. The fraction of sp³-hybridized carbons (Fsp3) is 0.538. The summed E-state index contributed by atoms with van der Waals surface area (Å²) in [6, 6.07) is 2.19. The molecule has 0 saturated carbocycles. The number of nitrogens with one attached hydrogen (secondary N) is 1. The van der Waals surface area contributed by atoms with E-state index in [1.165, 1.54) is 22.4 Å². The SMILES string of the molecule is Cc1cc(C)c(N2CCNCC2)c(C)c1N. The molecule has 3 N–H and O–H groups in total. The molecule has 0 aromatic heterocycles. The molecule has 0 aliphatic carbocycles. The van der Waals surface area contributed by atoms with Gasteiger partial charge in [0.05, 0.1) is 0 Å². The fourth-order valence-electron chi connectivity index (χ4n) is 2.56. The molecule has 0 atom stereocenters. The molecule has 2 rings (SSSR count). The minimum Gasteiger partial charge on any atom is -0.398 e. The molecule has 0 bridgehead atoms. The second kappa shape index (κ2) is 4.34. The van der Waals surface area contributed by atoms with Crippen molar-refractivity contribution in [1.29, 1.82) is 0 Å². The molecule has 0 spiro atoms. The first-order valence-electron chi connectivity index (χ1n) is 5.93. The Kier molecular flexibility index (Phi) is 3.06. The number of piperazine rings is 1. The van der Waals surface area contributed by atoms with Gasteiger partial charge in [0.25, 0.3) is 0 Å². The lowest BCUT2D eigenvalue weighted by Gasteiger charge is -2.32. The number of rotatable bonds is 1. The Morgan fingerprint density at radius 3 is 2.38 bits per heavy atom. The van der Waals surface area contributed by atoms with E-state index >= 15 is 0 Å². The van der Waals surface area contributed by atoms with Crippen molar-refractivity contribution in [3.8, 4) is 0 Å². The van der Waals surface area contributed by atoms with Crippen molar-refractivity contribution < 1.29 is 0 Å². The Labute approximate surface area is 97.6 Å². The van der Waals surface area contributed by atoms with Crippen LogP contribution < -0.4 is 16.0 Å². The molecular formula is C13H21N3. The average molecular weight is 219 g/mol. The molecule has 1 heterocycles.